The molecule has 88 valence electrons. The first kappa shape index (κ1) is 11.4. The van der Waals surface area contributed by atoms with E-state index in [0.717, 1.165) is 18.4 Å². The van der Waals surface area contributed by atoms with Crippen molar-refractivity contribution in [3.63, 3.8) is 0 Å². The van der Waals surface area contributed by atoms with Gasteiger partial charge >= 0.3 is 0 Å². The first-order valence-corrected chi connectivity index (χ1v) is 6.63. The molecule has 0 aromatic heterocycles. The van der Waals surface area contributed by atoms with Crippen LogP contribution in [-0.4, -0.2) is 12.6 Å². The van der Waals surface area contributed by atoms with Crippen LogP contribution in [0.3, 0.4) is 0 Å². The number of hydrogen-bond acceptors (Lipinski definition) is 2. The minimum Gasteiger partial charge on any atom is -0.301 e. The van der Waals surface area contributed by atoms with Crippen molar-refractivity contribution in [3.05, 3.63) is 0 Å². The van der Waals surface area contributed by atoms with E-state index >= 15 is 0 Å². The molecular formula is C13H25NO. The van der Waals surface area contributed by atoms with Crippen molar-refractivity contribution in [1.29, 1.82) is 0 Å². The van der Waals surface area contributed by atoms with Gasteiger partial charge < -0.3 is 4.84 Å². The molecule has 2 aliphatic carbocycles. The van der Waals surface area contributed by atoms with E-state index in [1.807, 2.05) is 0 Å². The summed E-state index contributed by atoms with van der Waals surface area (Å²) in [7, 11) is 0. The summed E-state index contributed by atoms with van der Waals surface area (Å²) < 4.78 is 0. The number of hydrogen-bond donors (Lipinski definition) is 1. The average molecular weight is 211 g/mol. The second kappa shape index (κ2) is 5.31. The topological polar surface area (TPSA) is 21.3 Å². The lowest BCUT2D eigenvalue weighted by Crippen LogP contribution is -2.35. The maximum absolute atomic E-state index is 5.53. The van der Waals surface area contributed by atoms with Gasteiger partial charge in [0, 0.05) is 6.04 Å². The van der Waals surface area contributed by atoms with Crippen LogP contribution in [0.1, 0.15) is 52.4 Å². The van der Waals surface area contributed by atoms with Crippen LogP contribution in [0, 0.1) is 17.8 Å². The molecule has 0 aliphatic heterocycles. The zero-order valence-electron chi connectivity index (χ0n) is 10.2. The lowest BCUT2D eigenvalue weighted by atomic mass is 9.83. The largest absolute Gasteiger partial charge is 0.301 e. The van der Waals surface area contributed by atoms with Gasteiger partial charge in [-0.15, -0.1) is 0 Å². The van der Waals surface area contributed by atoms with Crippen LogP contribution in [0.2, 0.25) is 0 Å². The second-order valence-electron chi connectivity index (χ2n) is 5.78. The maximum atomic E-state index is 5.53. The first-order chi connectivity index (χ1) is 7.25. The fourth-order valence-electron chi connectivity index (χ4n) is 2.66. The molecule has 2 aliphatic rings. The SMILES string of the molecule is CC(C)CONC1CCCC(C2CC2)C1. The van der Waals surface area contributed by atoms with Crippen molar-refractivity contribution in [2.24, 2.45) is 17.8 Å². The van der Waals surface area contributed by atoms with Gasteiger partial charge in [0.15, 0.2) is 0 Å². The van der Waals surface area contributed by atoms with E-state index in [0.29, 0.717) is 12.0 Å². The van der Waals surface area contributed by atoms with E-state index in [9.17, 15) is 0 Å². The molecule has 0 aromatic rings. The van der Waals surface area contributed by atoms with E-state index in [1.165, 1.54) is 38.5 Å². The molecule has 2 atom stereocenters. The molecule has 2 fully saturated rings. The highest BCUT2D eigenvalue weighted by Gasteiger charge is 2.34. The zero-order chi connectivity index (χ0) is 10.7. The third kappa shape index (κ3) is 3.76. The third-order valence-corrected chi connectivity index (χ3v) is 3.67. The lowest BCUT2D eigenvalue weighted by molar-refractivity contribution is -0.0130. The molecule has 2 unspecified atom stereocenters. The second-order valence-corrected chi connectivity index (χ2v) is 5.78. The molecule has 0 aromatic carbocycles. The van der Waals surface area contributed by atoms with Crippen LogP contribution < -0.4 is 5.48 Å². The van der Waals surface area contributed by atoms with Crippen molar-refractivity contribution in [1.82, 2.24) is 5.48 Å². The zero-order valence-corrected chi connectivity index (χ0v) is 10.2. The van der Waals surface area contributed by atoms with E-state index < -0.39 is 0 Å². The predicted octanol–water partition coefficient (Wildman–Crippen LogP) is 3.13. The van der Waals surface area contributed by atoms with Gasteiger partial charge in [0.1, 0.15) is 0 Å². The lowest BCUT2D eigenvalue weighted by Gasteiger charge is -2.29. The van der Waals surface area contributed by atoms with Gasteiger partial charge in [-0.25, -0.2) is 0 Å². The van der Waals surface area contributed by atoms with Gasteiger partial charge in [-0.3, -0.25) is 0 Å². The molecule has 0 amide bonds. The summed E-state index contributed by atoms with van der Waals surface area (Å²) in [5, 5.41) is 0. The Kier molecular flexibility index (Phi) is 4.04. The highest BCUT2D eigenvalue weighted by molar-refractivity contribution is 4.86. The quantitative estimate of drug-likeness (QED) is 0.705. The smallest absolute Gasteiger partial charge is 0.0705 e. The van der Waals surface area contributed by atoms with E-state index in [1.54, 1.807) is 0 Å². The molecular weight excluding hydrogens is 186 g/mol. The Morgan fingerprint density at radius 2 is 1.93 bits per heavy atom. The number of nitrogens with one attached hydrogen (secondary N) is 1. The molecule has 0 heterocycles. The summed E-state index contributed by atoms with van der Waals surface area (Å²) in [4.78, 5) is 5.53. The molecule has 2 nitrogen and oxygen atoms in total. The highest BCUT2D eigenvalue weighted by atomic mass is 16.6. The summed E-state index contributed by atoms with van der Waals surface area (Å²) in [5.74, 6) is 2.69. The van der Waals surface area contributed by atoms with E-state index in [2.05, 4.69) is 19.3 Å². The Bertz CT molecular complexity index is 189. The molecule has 15 heavy (non-hydrogen) atoms. The van der Waals surface area contributed by atoms with Crippen molar-refractivity contribution in [2.75, 3.05) is 6.61 Å². The van der Waals surface area contributed by atoms with Crippen LogP contribution in [0.5, 0.6) is 0 Å². The summed E-state index contributed by atoms with van der Waals surface area (Å²) in [6.07, 6.45) is 8.50. The van der Waals surface area contributed by atoms with Crippen LogP contribution in [0.4, 0.5) is 0 Å². The van der Waals surface area contributed by atoms with Gasteiger partial charge in [-0.05, 0) is 43.4 Å². The van der Waals surface area contributed by atoms with Gasteiger partial charge in [0.25, 0.3) is 0 Å². The Balaban J connectivity index is 1.63. The Morgan fingerprint density at radius 1 is 1.13 bits per heavy atom. The molecule has 0 bridgehead atoms. The average Bonchev–Trinajstić information content (AvgIpc) is 3.01. The number of rotatable bonds is 5. The van der Waals surface area contributed by atoms with Crippen molar-refractivity contribution < 1.29 is 4.84 Å². The Labute approximate surface area is 93.7 Å². The first-order valence-electron chi connectivity index (χ1n) is 6.63. The normalized spacial score (nSPS) is 32.2. The fourth-order valence-corrected chi connectivity index (χ4v) is 2.66. The fraction of sp³-hybridized carbons (Fsp3) is 1.00. The van der Waals surface area contributed by atoms with Gasteiger partial charge in [0.05, 0.1) is 6.61 Å². The van der Waals surface area contributed by atoms with Gasteiger partial charge in [-0.1, -0.05) is 26.7 Å². The standard InChI is InChI=1S/C13H25NO/c1-10(2)9-15-14-13-5-3-4-12(8-13)11-6-7-11/h10-14H,3-9H2,1-2H3. The summed E-state index contributed by atoms with van der Waals surface area (Å²) in [6, 6.07) is 0.628. The van der Waals surface area contributed by atoms with Gasteiger partial charge in [0.2, 0.25) is 0 Å². The summed E-state index contributed by atoms with van der Waals surface area (Å²) >= 11 is 0. The van der Waals surface area contributed by atoms with Crippen molar-refractivity contribution in [3.8, 4) is 0 Å². The maximum Gasteiger partial charge on any atom is 0.0705 e. The van der Waals surface area contributed by atoms with Crippen LogP contribution in [0.15, 0.2) is 0 Å². The molecule has 2 heteroatoms. The molecule has 0 spiro atoms. The molecule has 0 saturated heterocycles. The Hall–Kier alpha value is -0.0800. The van der Waals surface area contributed by atoms with E-state index in [-0.39, 0.29) is 0 Å². The predicted molar refractivity (Wildman–Crippen MR) is 62.4 cm³/mol. The van der Waals surface area contributed by atoms with Crippen LogP contribution >= 0.6 is 0 Å². The van der Waals surface area contributed by atoms with Crippen molar-refractivity contribution in [2.45, 2.75) is 58.4 Å². The minimum absolute atomic E-state index is 0.625. The van der Waals surface area contributed by atoms with E-state index in [4.69, 9.17) is 4.84 Å². The third-order valence-electron chi connectivity index (χ3n) is 3.67. The highest BCUT2D eigenvalue weighted by Crippen LogP contribution is 2.43. The summed E-state index contributed by atoms with van der Waals surface area (Å²) in [5.41, 5.74) is 3.27. The molecule has 2 rings (SSSR count). The summed E-state index contributed by atoms with van der Waals surface area (Å²) in [6.45, 7) is 5.22. The minimum atomic E-state index is 0.625. The molecule has 2 saturated carbocycles. The van der Waals surface area contributed by atoms with Crippen LogP contribution in [0.25, 0.3) is 0 Å². The van der Waals surface area contributed by atoms with Gasteiger partial charge in [-0.2, -0.15) is 5.48 Å². The van der Waals surface area contributed by atoms with Crippen molar-refractivity contribution >= 4 is 0 Å². The molecule has 1 N–H and O–H groups in total. The monoisotopic (exact) mass is 211 g/mol. The molecule has 0 radical (unpaired) electrons. The van der Waals surface area contributed by atoms with Crippen LogP contribution in [-0.2, 0) is 4.84 Å². The Morgan fingerprint density at radius 3 is 2.60 bits per heavy atom. The number of hydroxylamine groups is 1.